The van der Waals surface area contributed by atoms with Crippen LogP contribution in [-0.2, 0) is 64.4 Å². The molecule has 0 aromatic heterocycles. The van der Waals surface area contributed by atoms with Gasteiger partial charge in [-0.15, -0.1) is 0 Å². The Bertz CT molecular complexity index is 1790. The van der Waals surface area contributed by atoms with Gasteiger partial charge in [0.1, 0.15) is 42.2 Å². The summed E-state index contributed by atoms with van der Waals surface area (Å²) < 4.78 is 43.6. The minimum absolute atomic E-state index is 0.0736. The van der Waals surface area contributed by atoms with Crippen LogP contribution in [0.25, 0.3) is 0 Å². The van der Waals surface area contributed by atoms with Gasteiger partial charge in [0.15, 0.2) is 0 Å². The number of amides is 1. The Labute approximate surface area is 324 Å². The Morgan fingerprint density at radius 2 is 1.13 bits per heavy atom. The number of alkyl carbamates (subject to hydrolysis) is 1. The van der Waals surface area contributed by atoms with E-state index in [4.69, 9.17) is 33.2 Å². The average molecular weight is 750 g/mol. The molecule has 0 radical (unpaired) electrons. The zero-order valence-electron chi connectivity index (χ0n) is 31.9. The van der Waals surface area contributed by atoms with Gasteiger partial charge < -0.3 is 38.5 Å². The lowest BCUT2D eigenvalue weighted by Crippen LogP contribution is -2.60. The predicted octanol–water partition coefficient (Wildman–Crippen LogP) is 7.19. The molecule has 4 aromatic rings. The molecule has 0 bridgehead atoms. The van der Waals surface area contributed by atoms with Gasteiger partial charge in [-0.2, -0.15) is 0 Å². The van der Waals surface area contributed by atoms with E-state index >= 15 is 0 Å². The molecule has 1 aliphatic heterocycles. The minimum Gasteiger partial charge on any atom is -0.467 e. The molecule has 0 saturated carbocycles. The van der Waals surface area contributed by atoms with E-state index in [1.807, 2.05) is 121 Å². The Morgan fingerprint density at radius 3 is 1.60 bits per heavy atom. The third kappa shape index (κ3) is 13.7. The van der Waals surface area contributed by atoms with Crippen molar-refractivity contribution in [3.05, 3.63) is 144 Å². The van der Waals surface area contributed by atoms with Crippen LogP contribution in [0.3, 0.4) is 0 Å². The first-order valence-corrected chi connectivity index (χ1v) is 18.5. The van der Waals surface area contributed by atoms with E-state index in [0.29, 0.717) is 13.2 Å². The van der Waals surface area contributed by atoms with Gasteiger partial charge in [-0.1, -0.05) is 133 Å². The maximum Gasteiger partial charge on any atom is 0.408 e. The van der Waals surface area contributed by atoms with E-state index in [2.05, 4.69) is 17.2 Å². The summed E-state index contributed by atoms with van der Waals surface area (Å²) in [6, 6.07) is 38.4. The molecule has 4 aromatic carbocycles. The van der Waals surface area contributed by atoms with Crippen LogP contribution >= 0.6 is 0 Å². The lowest BCUT2D eigenvalue weighted by atomic mass is 9.94. The van der Waals surface area contributed by atoms with Crippen LogP contribution in [-0.4, -0.2) is 67.9 Å². The number of hydrogen-bond donors (Lipinski definition) is 1. The van der Waals surface area contributed by atoms with Crippen LogP contribution in [0.15, 0.2) is 121 Å². The maximum atomic E-state index is 12.7. The van der Waals surface area contributed by atoms with Crippen molar-refractivity contribution in [2.75, 3.05) is 13.7 Å². The van der Waals surface area contributed by atoms with Crippen LogP contribution in [0.1, 0.15) is 49.4 Å². The fourth-order valence-corrected chi connectivity index (χ4v) is 5.95. The summed E-state index contributed by atoms with van der Waals surface area (Å²) in [6.45, 7) is 6.59. The van der Waals surface area contributed by atoms with Gasteiger partial charge >= 0.3 is 12.1 Å². The number of esters is 1. The number of hydrogen-bond acceptors (Lipinski definition) is 9. The molecule has 290 valence electrons. The summed E-state index contributed by atoms with van der Waals surface area (Å²) in [5, 5.41) is 2.58. The van der Waals surface area contributed by atoms with E-state index in [1.54, 1.807) is 20.8 Å². The number of benzene rings is 4. The van der Waals surface area contributed by atoms with Crippen LogP contribution in [0.5, 0.6) is 0 Å². The summed E-state index contributed by atoms with van der Waals surface area (Å²) >= 11 is 0. The Morgan fingerprint density at radius 1 is 0.673 bits per heavy atom. The number of carbonyl (C=O) groups excluding carboxylic acids is 2. The molecule has 0 spiro atoms. The molecular formula is C45H51NO9. The molecule has 6 atom stereocenters. The molecule has 1 heterocycles. The molecule has 0 unspecified atom stereocenters. The lowest BCUT2D eigenvalue weighted by molar-refractivity contribution is -0.261. The zero-order valence-corrected chi connectivity index (χ0v) is 31.9. The predicted molar refractivity (Wildman–Crippen MR) is 207 cm³/mol. The van der Waals surface area contributed by atoms with Crippen molar-refractivity contribution in [3.8, 4) is 11.8 Å². The summed E-state index contributed by atoms with van der Waals surface area (Å²) in [5.74, 6) is 5.62. The van der Waals surface area contributed by atoms with Crippen LogP contribution < -0.4 is 5.32 Å². The molecule has 1 N–H and O–H groups in total. The number of rotatable bonds is 16. The molecule has 1 amide bonds. The first-order chi connectivity index (χ1) is 26.7. The second-order valence-corrected chi connectivity index (χ2v) is 14.1. The molecule has 0 aliphatic carbocycles. The van der Waals surface area contributed by atoms with Crippen molar-refractivity contribution in [2.24, 2.45) is 0 Å². The normalized spacial score (nSPS) is 20.0. The van der Waals surface area contributed by atoms with Crippen molar-refractivity contribution in [1.29, 1.82) is 0 Å². The monoisotopic (exact) mass is 749 g/mol. The third-order valence-electron chi connectivity index (χ3n) is 8.61. The fourth-order valence-electron chi connectivity index (χ4n) is 5.95. The van der Waals surface area contributed by atoms with Gasteiger partial charge in [-0.05, 0) is 43.0 Å². The smallest absolute Gasteiger partial charge is 0.408 e. The largest absolute Gasteiger partial charge is 0.467 e. The van der Waals surface area contributed by atoms with Crippen LogP contribution in [0.4, 0.5) is 4.79 Å². The van der Waals surface area contributed by atoms with E-state index in [9.17, 15) is 9.59 Å². The highest BCUT2D eigenvalue weighted by Crippen LogP contribution is 2.31. The number of nitrogens with one attached hydrogen (secondary N) is 1. The molecule has 5 rings (SSSR count). The summed E-state index contributed by atoms with van der Waals surface area (Å²) in [7, 11) is 1.25. The minimum atomic E-state index is -1.09. The fraction of sp³-hybridized carbons (Fsp3) is 0.378. The first-order valence-electron chi connectivity index (χ1n) is 18.5. The molecular weight excluding hydrogens is 698 g/mol. The van der Waals surface area contributed by atoms with E-state index in [0.717, 1.165) is 22.3 Å². The lowest BCUT2D eigenvalue weighted by Gasteiger charge is -2.45. The van der Waals surface area contributed by atoms with Gasteiger partial charge in [0.2, 0.25) is 0 Å². The van der Waals surface area contributed by atoms with E-state index in [-0.39, 0.29) is 26.2 Å². The topological polar surface area (TPSA) is 111 Å². The molecule has 1 saturated heterocycles. The van der Waals surface area contributed by atoms with E-state index in [1.165, 1.54) is 7.11 Å². The van der Waals surface area contributed by atoms with Gasteiger partial charge in [-0.3, -0.25) is 0 Å². The molecule has 10 heteroatoms. The second kappa shape index (κ2) is 21.2. The number of carbonyl (C=O) groups is 2. The van der Waals surface area contributed by atoms with Gasteiger partial charge in [-0.25, -0.2) is 9.59 Å². The number of methoxy groups -OCH3 is 1. The molecule has 55 heavy (non-hydrogen) atoms. The Balaban J connectivity index is 1.47. The molecule has 10 nitrogen and oxygen atoms in total. The van der Waals surface area contributed by atoms with Crippen molar-refractivity contribution in [2.45, 2.75) is 95.8 Å². The van der Waals surface area contributed by atoms with Gasteiger partial charge in [0.25, 0.3) is 0 Å². The first kappa shape index (κ1) is 41.1. The Hall–Kier alpha value is -5.02. The molecule has 1 aliphatic rings. The zero-order chi connectivity index (χ0) is 38.9. The number of ether oxygens (including phenoxy) is 7. The molecule has 1 fully saturated rings. The highest BCUT2D eigenvalue weighted by atomic mass is 16.6. The third-order valence-corrected chi connectivity index (χ3v) is 8.61. The second-order valence-electron chi connectivity index (χ2n) is 14.1. The quantitative estimate of drug-likeness (QED) is 0.0941. The van der Waals surface area contributed by atoms with Crippen molar-refractivity contribution < 1.29 is 42.7 Å². The average Bonchev–Trinajstić information content (AvgIpc) is 3.19. The Kier molecular flexibility index (Phi) is 15.8. The van der Waals surface area contributed by atoms with Crippen molar-refractivity contribution in [3.63, 3.8) is 0 Å². The van der Waals surface area contributed by atoms with Gasteiger partial charge in [0, 0.05) is 6.42 Å². The highest BCUT2D eigenvalue weighted by Gasteiger charge is 2.48. The van der Waals surface area contributed by atoms with Gasteiger partial charge in [0.05, 0.1) is 40.1 Å². The highest BCUT2D eigenvalue weighted by molar-refractivity contribution is 5.81. The van der Waals surface area contributed by atoms with Crippen LogP contribution in [0.2, 0.25) is 0 Å². The van der Waals surface area contributed by atoms with Crippen LogP contribution in [0, 0.1) is 11.8 Å². The summed E-state index contributed by atoms with van der Waals surface area (Å²) in [6.07, 6.45) is -4.33. The summed E-state index contributed by atoms with van der Waals surface area (Å²) in [5.41, 5.74) is 3.18. The SMILES string of the molecule is COC(=O)[C@H](CC#C[C@@H]1O[C@H](COCc2ccccc2)[C@@H](OCc2ccccc2)[C@H](OCc2ccccc2)[C@H]1OCc1ccccc1)NC(=O)OC(C)(C)C. The summed E-state index contributed by atoms with van der Waals surface area (Å²) in [4.78, 5) is 25.4. The van der Waals surface area contributed by atoms with E-state index < -0.39 is 54.2 Å². The van der Waals surface area contributed by atoms with Crippen molar-refractivity contribution in [1.82, 2.24) is 5.32 Å². The standard InChI is InChI=1S/C45H51NO9/c1-45(2,3)55-44(48)46-37(43(47)49-4)26-17-27-38-40(51-29-34-20-11-6-12-21-34)42(53-31-36-24-15-8-16-25-36)41(52-30-35-22-13-7-14-23-35)39(54-38)32-50-28-33-18-9-5-10-19-33/h5-16,18-25,37-42H,26,28-32H2,1-4H3,(H,46,48)/t37-,38-,39+,40-,41+,42+/m0/s1. The maximum absolute atomic E-state index is 12.7. The van der Waals surface area contributed by atoms with Crippen molar-refractivity contribution >= 4 is 12.1 Å².